The summed E-state index contributed by atoms with van der Waals surface area (Å²) in [6.07, 6.45) is 7.71. The number of carbonyl (C=O) groups is 2. The van der Waals surface area contributed by atoms with E-state index in [0.29, 0.717) is 25.0 Å². The third kappa shape index (κ3) is 9.87. The first kappa shape index (κ1) is 41.5. The van der Waals surface area contributed by atoms with Gasteiger partial charge in [0.1, 0.15) is 24.1 Å². The maximum atomic E-state index is 14.0. The molecule has 284 valence electrons. The van der Waals surface area contributed by atoms with E-state index >= 15 is 0 Å². The Hall–Kier alpha value is -2.21. The number of hydrogen-bond donors (Lipinski definition) is 0. The number of hydrogen-bond acceptors (Lipinski definition) is 7. The molecule has 1 aliphatic heterocycles. The minimum Gasteiger partial charge on any atom is -0.479 e. The van der Waals surface area contributed by atoms with Crippen molar-refractivity contribution < 1.29 is 32.7 Å². The van der Waals surface area contributed by atoms with Gasteiger partial charge in [0, 0.05) is 17.8 Å². The van der Waals surface area contributed by atoms with Gasteiger partial charge in [-0.05, 0) is 98.7 Å². The number of para-hydroxylation sites is 1. The number of cyclic esters (lactones) is 1. The van der Waals surface area contributed by atoms with Gasteiger partial charge < -0.3 is 23.1 Å². The predicted octanol–water partition coefficient (Wildman–Crippen LogP) is 9.70. The van der Waals surface area contributed by atoms with Crippen molar-refractivity contribution >= 4 is 30.0 Å². The summed E-state index contributed by atoms with van der Waals surface area (Å²) in [5.41, 5.74) is 1.45. The van der Waals surface area contributed by atoms with E-state index in [1.54, 1.807) is 6.92 Å². The van der Waals surface area contributed by atoms with Crippen molar-refractivity contribution in [2.45, 2.75) is 157 Å². The van der Waals surface area contributed by atoms with Crippen molar-refractivity contribution in [2.75, 3.05) is 0 Å². The minimum atomic E-state index is -1.20. The van der Waals surface area contributed by atoms with E-state index in [9.17, 15) is 9.59 Å². The second-order valence-electron chi connectivity index (χ2n) is 18.1. The molecule has 0 spiro atoms. The van der Waals surface area contributed by atoms with Crippen LogP contribution >= 0.6 is 0 Å². The van der Waals surface area contributed by atoms with Gasteiger partial charge in [0.05, 0.1) is 5.60 Å². The zero-order chi connectivity index (χ0) is 38.1. The summed E-state index contributed by atoms with van der Waals surface area (Å²) >= 11 is 0. The molecule has 9 heteroatoms. The van der Waals surface area contributed by atoms with Crippen LogP contribution in [0.2, 0.25) is 26.2 Å². The van der Waals surface area contributed by atoms with Crippen molar-refractivity contribution in [3.63, 3.8) is 0 Å². The minimum absolute atomic E-state index is 0.0270. The lowest BCUT2D eigenvalue weighted by molar-refractivity contribution is -0.180. The Balaban J connectivity index is 1.68. The van der Waals surface area contributed by atoms with Gasteiger partial charge in [0.25, 0.3) is 0 Å². The first-order valence-electron chi connectivity index (χ1n) is 19.2. The molecule has 0 amide bonds. The highest BCUT2D eigenvalue weighted by Crippen LogP contribution is 2.53. The van der Waals surface area contributed by atoms with Crippen LogP contribution in [0.5, 0.6) is 5.75 Å². The molecule has 7 nitrogen and oxygen atoms in total. The fraction of sp³-hybridized carbons (Fsp3) is 0.714. The summed E-state index contributed by atoms with van der Waals surface area (Å²) in [6.45, 7) is 30.1. The molecule has 0 aromatic heterocycles. The molecule has 0 saturated carbocycles. The van der Waals surface area contributed by atoms with Crippen molar-refractivity contribution in [1.82, 2.24) is 0 Å². The molecular weight excluding hydrogens is 673 g/mol. The average Bonchev–Trinajstić information content (AvgIpc) is 3.01. The highest BCUT2D eigenvalue weighted by Gasteiger charge is 2.55. The van der Waals surface area contributed by atoms with Crippen LogP contribution in [0.15, 0.2) is 48.1 Å². The number of fused-ring (bicyclic) bond motifs is 1. The highest BCUT2D eigenvalue weighted by atomic mass is 28.3. The largest absolute Gasteiger partial charge is 0.479 e. The van der Waals surface area contributed by atoms with Crippen molar-refractivity contribution in [3.05, 3.63) is 53.6 Å². The number of allylic oxidation sites excluding steroid dienone is 2. The maximum Gasteiger partial charge on any atom is 0.347 e. The Morgan fingerprint density at radius 2 is 1.65 bits per heavy atom. The van der Waals surface area contributed by atoms with Crippen LogP contribution in [-0.4, -0.2) is 60.0 Å². The fourth-order valence-electron chi connectivity index (χ4n) is 8.31. The van der Waals surface area contributed by atoms with Gasteiger partial charge in [0.2, 0.25) is 18.1 Å². The lowest BCUT2D eigenvalue weighted by atomic mass is 9.59. The standard InChI is InChI=1S/C42H66O7Si2/c1-26(2)32-17-15-16-18-34(32)45-28(4)38(43)47-35-24-30(40(5,6)7)23-29-20-19-27(3)42(36(29)35,49-51(13)14)22-21-31-25-33(41(8,9)10)37(39(44)46-31)48-50(11)12/h15-20,23,26-28,30-31,33,35-37H,21-22,24-25H2,1-14H3/t27-,28?,30+,31+,33-,35-,36+,37?,42-/m0/s1. The lowest BCUT2D eigenvalue weighted by Crippen LogP contribution is -2.58. The Bertz CT molecular complexity index is 1420. The molecule has 9 atom stereocenters. The Kier molecular flexibility index (Phi) is 13.4. The summed E-state index contributed by atoms with van der Waals surface area (Å²) in [4.78, 5) is 27.5. The van der Waals surface area contributed by atoms with E-state index in [4.69, 9.17) is 23.1 Å². The summed E-state index contributed by atoms with van der Waals surface area (Å²) in [5, 5.41) is 0. The Labute approximate surface area is 312 Å². The molecule has 2 unspecified atom stereocenters. The predicted molar refractivity (Wildman–Crippen MR) is 208 cm³/mol. The number of benzene rings is 1. The van der Waals surface area contributed by atoms with Crippen LogP contribution in [0.25, 0.3) is 0 Å². The SMILES string of the molecule is CC(Oc1ccccc1C(C)C)C(=O)O[C@H]1C[C@H](C(C)(C)C)C=C2C=C[C@H](C)[C@](CC[C@@H]3C[C@H](C(C)(C)C)C(O[Si](C)C)C(=O)O3)(O[Si](C)C)[C@H]21. The Morgan fingerprint density at radius 1 is 0.980 bits per heavy atom. The first-order chi connectivity index (χ1) is 23.6. The van der Waals surface area contributed by atoms with Gasteiger partial charge in [0.15, 0.2) is 6.10 Å². The van der Waals surface area contributed by atoms with E-state index in [-0.39, 0.29) is 58.5 Å². The van der Waals surface area contributed by atoms with Gasteiger partial charge in [-0.1, -0.05) is 98.7 Å². The number of rotatable bonds is 12. The van der Waals surface area contributed by atoms with E-state index in [0.717, 1.165) is 12.0 Å². The normalized spacial score (nSPS) is 30.6. The molecule has 4 rings (SSSR count). The van der Waals surface area contributed by atoms with Crippen LogP contribution in [0.1, 0.15) is 106 Å². The number of ether oxygens (including phenoxy) is 3. The molecule has 1 heterocycles. The topological polar surface area (TPSA) is 80.3 Å². The number of carbonyl (C=O) groups excluding carboxylic acids is 2. The van der Waals surface area contributed by atoms with Gasteiger partial charge >= 0.3 is 11.9 Å². The quantitative estimate of drug-likeness (QED) is 0.156. The molecule has 1 aromatic carbocycles. The lowest BCUT2D eigenvalue weighted by Gasteiger charge is -2.54. The second-order valence-corrected chi connectivity index (χ2v) is 22.2. The summed E-state index contributed by atoms with van der Waals surface area (Å²) in [6, 6.07) is 7.91. The smallest absolute Gasteiger partial charge is 0.347 e. The molecular formula is C42H66O7Si2. The highest BCUT2D eigenvalue weighted by molar-refractivity contribution is 6.49. The van der Waals surface area contributed by atoms with Crippen LogP contribution in [-0.2, 0) is 27.9 Å². The molecule has 1 aromatic rings. The molecule has 0 N–H and O–H groups in total. The molecule has 51 heavy (non-hydrogen) atoms. The van der Waals surface area contributed by atoms with Crippen molar-refractivity contribution in [1.29, 1.82) is 0 Å². The third-order valence-corrected chi connectivity index (χ3v) is 12.7. The summed E-state index contributed by atoms with van der Waals surface area (Å²) in [5.74, 6) is 0.494. The monoisotopic (exact) mass is 738 g/mol. The zero-order valence-electron chi connectivity index (χ0n) is 33.9. The molecule has 1 saturated heterocycles. The molecule has 3 aliphatic rings. The van der Waals surface area contributed by atoms with Gasteiger partial charge in [-0.15, -0.1) is 0 Å². The summed E-state index contributed by atoms with van der Waals surface area (Å²) in [7, 11) is -2.29. The van der Waals surface area contributed by atoms with Crippen molar-refractivity contribution in [2.24, 2.45) is 34.5 Å². The molecule has 0 bridgehead atoms. The first-order valence-corrected chi connectivity index (χ1v) is 24.0. The van der Waals surface area contributed by atoms with Crippen LogP contribution in [0.3, 0.4) is 0 Å². The van der Waals surface area contributed by atoms with E-state index in [1.165, 1.54) is 5.57 Å². The van der Waals surface area contributed by atoms with Crippen LogP contribution in [0, 0.1) is 34.5 Å². The van der Waals surface area contributed by atoms with Crippen molar-refractivity contribution in [3.8, 4) is 5.75 Å². The van der Waals surface area contributed by atoms with E-state index < -0.39 is 42.0 Å². The van der Waals surface area contributed by atoms with Gasteiger partial charge in [-0.3, -0.25) is 0 Å². The second kappa shape index (κ2) is 16.4. The zero-order valence-corrected chi connectivity index (χ0v) is 35.9. The van der Waals surface area contributed by atoms with Gasteiger partial charge in [-0.2, -0.15) is 0 Å². The molecule has 1 fully saturated rings. The van der Waals surface area contributed by atoms with E-state index in [1.807, 2.05) is 24.3 Å². The number of esters is 2. The average molecular weight is 739 g/mol. The third-order valence-electron chi connectivity index (χ3n) is 11.2. The molecule has 2 aliphatic carbocycles. The summed E-state index contributed by atoms with van der Waals surface area (Å²) < 4.78 is 32.5. The van der Waals surface area contributed by atoms with Gasteiger partial charge in [-0.25, -0.2) is 9.59 Å². The fourth-order valence-corrected chi connectivity index (χ4v) is 10.3. The Morgan fingerprint density at radius 3 is 2.24 bits per heavy atom. The van der Waals surface area contributed by atoms with Crippen LogP contribution < -0.4 is 4.74 Å². The maximum absolute atomic E-state index is 14.0. The van der Waals surface area contributed by atoms with Crippen LogP contribution in [0.4, 0.5) is 0 Å². The van der Waals surface area contributed by atoms with E-state index in [2.05, 4.69) is 107 Å². The molecule has 2 radical (unpaired) electrons.